The van der Waals surface area contributed by atoms with Crippen LogP contribution >= 0.6 is 0 Å². The van der Waals surface area contributed by atoms with Gasteiger partial charge in [-0.05, 0) is 32.7 Å². The van der Waals surface area contributed by atoms with E-state index in [1.807, 2.05) is 6.08 Å². The van der Waals surface area contributed by atoms with Crippen LogP contribution in [0.5, 0.6) is 0 Å². The molecule has 0 saturated carbocycles. The van der Waals surface area contributed by atoms with Crippen LogP contribution in [-0.2, 0) is 0 Å². The molecule has 1 unspecified atom stereocenters. The molecule has 0 amide bonds. The van der Waals surface area contributed by atoms with Gasteiger partial charge in [0.2, 0.25) is 0 Å². The lowest BCUT2D eigenvalue weighted by atomic mass is 10.1. The van der Waals surface area contributed by atoms with Crippen molar-refractivity contribution < 1.29 is 0 Å². The zero-order valence-corrected chi connectivity index (χ0v) is 12.5. The molecule has 1 atom stereocenters. The van der Waals surface area contributed by atoms with Crippen LogP contribution in [0.4, 0.5) is 0 Å². The standard InChI is InChI=1S/C15H32N2/c1-7-9-15(12-16-11-13(3)4)17(10-8-2)14(5)6/h8,13-16H,2,7,9-12H2,1,3-6H3. The molecule has 0 aromatic carbocycles. The Kier molecular flexibility index (Phi) is 9.47. The lowest BCUT2D eigenvalue weighted by molar-refractivity contribution is 0.158. The van der Waals surface area contributed by atoms with Crippen molar-refractivity contribution in [1.29, 1.82) is 0 Å². The van der Waals surface area contributed by atoms with E-state index in [-0.39, 0.29) is 0 Å². The Morgan fingerprint density at radius 1 is 1.18 bits per heavy atom. The summed E-state index contributed by atoms with van der Waals surface area (Å²) >= 11 is 0. The predicted molar refractivity (Wildman–Crippen MR) is 78.4 cm³/mol. The predicted octanol–water partition coefficient (Wildman–Crippen LogP) is 3.30. The minimum absolute atomic E-state index is 0.588. The van der Waals surface area contributed by atoms with Gasteiger partial charge in [0.25, 0.3) is 0 Å². The second-order valence-corrected chi connectivity index (χ2v) is 5.57. The Morgan fingerprint density at radius 3 is 2.24 bits per heavy atom. The van der Waals surface area contributed by atoms with Gasteiger partial charge in [-0.25, -0.2) is 0 Å². The lowest BCUT2D eigenvalue weighted by Crippen LogP contribution is -2.46. The molecule has 0 aliphatic rings. The average molecular weight is 240 g/mol. The highest BCUT2D eigenvalue weighted by atomic mass is 15.2. The van der Waals surface area contributed by atoms with Crippen LogP contribution in [0, 0.1) is 5.92 Å². The summed E-state index contributed by atoms with van der Waals surface area (Å²) in [5.74, 6) is 0.726. The molecule has 0 radical (unpaired) electrons. The molecule has 17 heavy (non-hydrogen) atoms. The third kappa shape index (κ3) is 7.56. The van der Waals surface area contributed by atoms with E-state index < -0.39 is 0 Å². The van der Waals surface area contributed by atoms with Crippen LogP contribution in [0.1, 0.15) is 47.5 Å². The zero-order valence-electron chi connectivity index (χ0n) is 12.5. The fourth-order valence-corrected chi connectivity index (χ4v) is 2.19. The molecule has 0 aromatic rings. The highest BCUT2D eigenvalue weighted by Gasteiger charge is 2.18. The summed E-state index contributed by atoms with van der Waals surface area (Å²) < 4.78 is 0. The largest absolute Gasteiger partial charge is 0.315 e. The maximum absolute atomic E-state index is 3.87. The second-order valence-electron chi connectivity index (χ2n) is 5.57. The molecule has 0 spiro atoms. The van der Waals surface area contributed by atoms with Crippen LogP contribution in [0.15, 0.2) is 12.7 Å². The number of nitrogens with one attached hydrogen (secondary N) is 1. The first-order chi connectivity index (χ1) is 8.02. The van der Waals surface area contributed by atoms with Gasteiger partial charge < -0.3 is 5.32 Å². The Morgan fingerprint density at radius 2 is 1.82 bits per heavy atom. The third-order valence-electron chi connectivity index (χ3n) is 3.03. The maximum Gasteiger partial charge on any atom is 0.0226 e. The van der Waals surface area contributed by atoms with Gasteiger partial charge in [-0.15, -0.1) is 6.58 Å². The van der Waals surface area contributed by atoms with Crippen molar-refractivity contribution in [2.24, 2.45) is 5.92 Å². The molecule has 102 valence electrons. The topological polar surface area (TPSA) is 15.3 Å². The summed E-state index contributed by atoms with van der Waals surface area (Å²) in [6.45, 7) is 18.4. The molecular formula is C15H32N2. The Hall–Kier alpha value is -0.340. The molecule has 1 N–H and O–H groups in total. The summed E-state index contributed by atoms with van der Waals surface area (Å²) in [5.41, 5.74) is 0. The molecule has 0 aliphatic carbocycles. The summed E-state index contributed by atoms with van der Waals surface area (Å²) in [5, 5.41) is 3.59. The van der Waals surface area contributed by atoms with Crippen LogP contribution < -0.4 is 5.32 Å². The number of nitrogens with zero attached hydrogens (tertiary/aromatic N) is 1. The van der Waals surface area contributed by atoms with E-state index >= 15 is 0 Å². The van der Waals surface area contributed by atoms with Gasteiger partial charge in [-0.2, -0.15) is 0 Å². The van der Waals surface area contributed by atoms with Crippen molar-refractivity contribution in [3.8, 4) is 0 Å². The summed E-state index contributed by atoms with van der Waals surface area (Å²) in [6.07, 6.45) is 4.52. The fourth-order valence-electron chi connectivity index (χ4n) is 2.19. The average Bonchev–Trinajstić information content (AvgIpc) is 2.24. The van der Waals surface area contributed by atoms with Gasteiger partial charge in [0, 0.05) is 25.2 Å². The van der Waals surface area contributed by atoms with Crippen molar-refractivity contribution >= 4 is 0 Å². The first kappa shape index (κ1) is 16.7. The normalized spacial score (nSPS) is 13.6. The number of rotatable bonds is 10. The molecule has 0 aliphatic heterocycles. The van der Waals surface area contributed by atoms with Crippen molar-refractivity contribution in [1.82, 2.24) is 10.2 Å². The Bertz CT molecular complexity index is 187. The lowest BCUT2D eigenvalue weighted by Gasteiger charge is -2.34. The van der Waals surface area contributed by atoms with Crippen molar-refractivity contribution in [3.05, 3.63) is 12.7 Å². The molecule has 0 rings (SSSR count). The van der Waals surface area contributed by atoms with Crippen molar-refractivity contribution in [2.75, 3.05) is 19.6 Å². The molecule has 0 saturated heterocycles. The number of hydrogen-bond acceptors (Lipinski definition) is 2. The highest BCUT2D eigenvalue weighted by Crippen LogP contribution is 2.11. The summed E-state index contributed by atoms with van der Waals surface area (Å²) in [6, 6.07) is 1.22. The Labute approximate surface area is 108 Å². The molecule has 0 heterocycles. The first-order valence-electron chi connectivity index (χ1n) is 7.10. The molecule has 2 nitrogen and oxygen atoms in total. The van der Waals surface area contributed by atoms with Crippen LogP contribution in [0.2, 0.25) is 0 Å². The van der Waals surface area contributed by atoms with E-state index in [0.717, 1.165) is 25.6 Å². The molecule has 2 heteroatoms. The van der Waals surface area contributed by atoms with Gasteiger partial charge in [0.05, 0.1) is 0 Å². The van der Waals surface area contributed by atoms with E-state index in [1.165, 1.54) is 12.8 Å². The Balaban J connectivity index is 4.28. The van der Waals surface area contributed by atoms with E-state index in [9.17, 15) is 0 Å². The minimum atomic E-state index is 0.588. The maximum atomic E-state index is 3.87. The van der Waals surface area contributed by atoms with Gasteiger partial charge in [0.15, 0.2) is 0 Å². The van der Waals surface area contributed by atoms with Gasteiger partial charge in [-0.3, -0.25) is 4.90 Å². The fraction of sp³-hybridized carbons (Fsp3) is 0.867. The van der Waals surface area contributed by atoms with Crippen molar-refractivity contribution in [3.63, 3.8) is 0 Å². The summed E-state index contributed by atoms with van der Waals surface area (Å²) in [7, 11) is 0. The molecule has 0 bridgehead atoms. The second kappa shape index (κ2) is 9.67. The van der Waals surface area contributed by atoms with E-state index in [0.29, 0.717) is 12.1 Å². The van der Waals surface area contributed by atoms with Gasteiger partial charge in [0.1, 0.15) is 0 Å². The SMILES string of the molecule is C=CCN(C(C)C)C(CCC)CNCC(C)C. The van der Waals surface area contributed by atoms with E-state index in [2.05, 4.69) is 51.4 Å². The molecule has 0 fully saturated rings. The zero-order chi connectivity index (χ0) is 13.3. The monoisotopic (exact) mass is 240 g/mol. The van der Waals surface area contributed by atoms with Gasteiger partial charge >= 0.3 is 0 Å². The van der Waals surface area contributed by atoms with Crippen LogP contribution in [-0.4, -0.2) is 36.6 Å². The van der Waals surface area contributed by atoms with E-state index in [4.69, 9.17) is 0 Å². The van der Waals surface area contributed by atoms with Crippen molar-refractivity contribution in [2.45, 2.75) is 59.5 Å². The highest BCUT2D eigenvalue weighted by molar-refractivity contribution is 4.83. The molecule has 0 aromatic heterocycles. The van der Waals surface area contributed by atoms with Gasteiger partial charge in [-0.1, -0.05) is 33.3 Å². The number of hydrogen-bond donors (Lipinski definition) is 1. The van der Waals surface area contributed by atoms with Crippen LogP contribution in [0.3, 0.4) is 0 Å². The summed E-state index contributed by atoms with van der Waals surface area (Å²) in [4.78, 5) is 2.55. The minimum Gasteiger partial charge on any atom is -0.315 e. The third-order valence-corrected chi connectivity index (χ3v) is 3.03. The quantitative estimate of drug-likeness (QED) is 0.589. The van der Waals surface area contributed by atoms with Crippen LogP contribution in [0.25, 0.3) is 0 Å². The van der Waals surface area contributed by atoms with E-state index in [1.54, 1.807) is 0 Å². The first-order valence-corrected chi connectivity index (χ1v) is 7.10. The smallest absolute Gasteiger partial charge is 0.0226 e. The molecular weight excluding hydrogens is 208 g/mol.